The SMILES string of the molecule is CCCCCCCCCCCCCCCC(=O)OC(CO)CO.[NaH]. The van der Waals surface area contributed by atoms with E-state index in [9.17, 15) is 4.79 Å². The first-order valence-electron chi connectivity index (χ1n) is 9.65. The molecule has 0 unspecified atom stereocenters. The Kier molecular flexibility index (Phi) is 23.8. The van der Waals surface area contributed by atoms with Gasteiger partial charge in [0.25, 0.3) is 0 Å². The van der Waals surface area contributed by atoms with Gasteiger partial charge in [-0.3, -0.25) is 4.79 Å². The number of ether oxygens (including phenoxy) is 1. The number of hydrogen-bond donors (Lipinski definition) is 2. The van der Waals surface area contributed by atoms with Gasteiger partial charge in [-0.2, -0.15) is 0 Å². The zero-order chi connectivity index (χ0) is 17.2. The average molecular weight is 355 g/mol. The van der Waals surface area contributed by atoms with Gasteiger partial charge in [0.2, 0.25) is 0 Å². The molecule has 140 valence electrons. The van der Waals surface area contributed by atoms with Crippen LogP contribution in [0.3, 0.4) is 0 Å². The van der Waals surface area contributed by atoms with E-state index < -0.39 is 6.10 Å². The van der Waals surface area contributed by atoms with Crippen LogP contribution in [0.4, 0.5) is 0 Å². The Labute approximate surface area is 171 Å². The van der Waals surface area contributed by atoms with Gasteiger partial charge in [0.1, 0.15) is 6.10 Å². The van der Waals surface area contributed by atoms with Crippen LogP contribution in [0.2, 0.25) is 0 Å². The van der Waals surface area contributed by atoms with Crippen molar-refractivity contribution in [3.05, 3.63) is 0 Å². The summed E-state index contributed by atoms with van der Waals surface area (Å²) in [5, 5.41) is 17.6. The number of hydrogen-bond acceptors (Lipinski definition) is 4. The van der Waals surface area contributed by atoms with Crippen LogP contribution in [0.5, 0.6) is 0 Å². The number of unbranched alkanes of at least 4 members (excludes halogenated alkanes) is 12. The fraction of sp³-hybridized carbons (Fsp3) is 0.947. The molecule has 0 radical (unpaired) electrons. The van der Waals surface area contributed by atoms with Crippen LogP contribution in [0.1, 0.15) is 96.8 Å². The molecule has 0 spiro atoms. The van der Waals surface area contributed by atoms with Crippen molar-refractivity contribution in [1.29, 1.82) is 0 Å². The Bertz CT molecular complexity index is 258. The molecular formula is C19H39NaO4. The van der Waals surface area contributed by atoms with Crippen LogP contribution in [-0.4, -0.2) is 65.1 Å². The molecule has 0 aromatic rings. The molecule has 0 fully saturated rings. The second-order valence-corrected chi connectivity index (χ2v) is 6.47. The third-order valence-electron chi connectivity index (χ3n) is 4.19. The van der Waals surface area contributed by atoms with E-state index in [2.05, 4.69) is 6.92 Å². The number of carbonyl (C=O) groups is 1. The quantitative estimate of drug-likeness (QED) is 0.237. The fourth-order valence-electron chi connectivity index (χ4n) is 2.66. The Morgan fingerprint density at radius 2 is 1.12 bits per heavy atom. The van der Waals surface area contributed by atoms with E-state index in [4.69, 9.17) is 14.9 Å². The summed E-state index contributed by atoms with van der Waals surface area (Å²) in [7, 11) is 0. The van der Waals surface area contributed by atoms with Crippen molar-refractivity contribution in [2.75, 3.05) is 13.2 Å². The van der Waals surface area contributed by atoms with Crippen molar-refractivity contribution in [2.45, 2.75) is 103 Å². The van der Waals surface area contributed by atoms with Gasteiger partial charge in [-0.15, -0.1) is 0 Å². The van der Waals surface area contributed by atoms with Gasteiger partial charge in [-0.1, -0.05) is 84.0 Å². The molecule has 0 aliphatic rings. The third-order valence-corrected chi connectivity index (χ3v) is 4.19. The van der Waals surface area contributed by atoms with Crippen molar-refractivity contribution in [1.82, 2.24) is 0 Å². The molecule has 0 aliphatic carbocycles. The van der Waals surface area contributed by atoms with E-state index in [0.29, 0.717) is 6.42 Å². The first-order valence-corrected chi connectivity index (χ1v) is 9.65. The first-order chi connectivity index (χ1) is 11.2. The minimum atomic E-state index is -0.760. The van der Waals surface area contributed by atoms with Crippen LogP contribution in [0.15, 0.2) is 0 Å². The molecule has 4 nitrogen and oxygen atoms in total. The van der Waals surface area contributed by atoms with Crippen LogP contribution >= 0.6 is 0 Å². The van der Waals surface area contributed by atoms with Crippen molar-refractivity contribution >= 4 is 35.5 Å². The van der Waals surface area contributed by atoms with Crippen LogP contribution in [0.25, 0.3) is 0 Å². The molecule has 0 atom stereocenters. The summed E-state index contributed by atoms with van der Waals surface area (Å²) in [6, 6.07) is 0. The van der Waals surface area contributed by atoms with Gasteiger partial charge < -0.3 is 14.9 Å². The summed E-state index contributed by atoms with van der Waals surface area (Å²) < 4.78 is 4.92. The van der Waals surface area contributed by atoms with Crippen molar-refractivity contribution in [3.63, 3.8) is 0 Å². The molecule has 0 bridgehead atoms. The van der Waals surface area contributed by atoms with Crippen molar-refractivity contribution in [3.8, 4) is 0 Å². The number of rotatable bonds is 17. The summed E-state index contributed by atoms with van der Waals surface area (Å²) in [4.78, 5) is 11.4. The van der Waals surface area contributed by atoms with E-state index in [0.717, 1.165) is 12.8 Å². The van der Waals surface area contributed by atoms with E-state index in [1.54, 1.807) is 0 Å². The Morgan fingerprint density at radius 3 is 1.50 bits per heavy atom. The van der Waals surface area contributed by atoms with E-state index in [1.807, 2.05) is 0 Å². The molecule has 0 aromatic carbocycles. The number of carbonyl (C=O) groups excluding carboxylic acids is 1. The summed E-state index contributed by atoms with van der Waals surface area (Å²) in [6.45, 7) is 1.62. The number of aliphatic hydroxyl groups excluding tert-OH is 2. The standard InChI is InChI=1S/C19H38O4.Na.H/c1-2-3-4-5-6-7-8-9-10-11-12-13-14-15-19(22)23-18(16-20)17-21;;/h18,20-21H,2-17H2,1H3;;. The fourth-order valence-corrected chi connectivity index (χ4v) is 2.66. The predicted octanol–water partition coefficient (Wildman–Crippen LogP) is 3.72. The maximum atomic E-state index is 11.4. The predicted molar refractivity (Wildman–Crippen MR) is 102 cm³/mol. The summed E-state index contributed by atoms with van der Waals surface area (Å²) in [6.07, 6.45) is 16.2. The Morgan fingerprint density at radius 1 is 0.750 bits per heavy atom. The van der Waals surface area contributed by atoms with E-state index in [-0.39, 0.29) is 48.7 Å². The second-order valence-electron chi connectivity index (χ2n) is 6.47. The summed E-state index contributed by atoms with van der Waals surface area (Å²) >= 11 is 0. The molecule has 0 heterocycles. The van der Waals surface area contributed by atoms with Gasteiger partial charge in [0, 0.05) is 6.42 Å². The molecule has 0 saturated carbocycles. The van der Waals surface area contributed by atoms with Gasteiger partial charge in [-0.05, 0) is 6.42 Å². The third kappa shape index (κ3) is 18.7. The summed E-state index contributed by atoms with van der Waals surface area (Å²) in [5.74, 6) is -0.318. The summed E-state index contributed by atoms with van der Waals surface area (Å²) in [5.41, 5.74) is 0. The van der Waals surface area contributed by atoms with Gasteiger partial charge in [-0.25, -0.2) is 0 Å². The molecular weight excluding hydrogens is 315 g/mol. The van der Waals surface area contributed by atoms with Gasteiger partial charge >= 0.3 is 35.5 Å². The number of aliphatic hydroxyl groups is 2. The van der Waals surface area contributed by atoms with Crippen molar-refractivity contribution < 1.29 is 19.7 Å². The molecule has 2 N–H and O–H groups in total. The molecule has 0 rings (SSSR count). The molecule has 24 heavy (non-hydrogen) atoms. The topological polar surface area (TPSA) is 66.8 Å². The normalized spacial score (nSPS) is 10.7. The number of esters is 1. The average Bonchev–Trinajstić information content (AvgIpc) is 2.56. The van der Waals surface area contributed by atoms with Crippen LogP contribution in [-0.2, 0) is 9.53 Å². The van der Waals surface area contributed by atoms with Crippen LogP contribution < -0.4 is 0 Å². The zero-order valence-electron chi connectivity index (χ0n) is 15.1. The second kappa shape index (κ2) is 21.4. The zero-order valence-corrected chi connectivity index (χ0v) is 15.1. The minimum absolute atomic E-state index is 0. The molecule has 0 amide bonds. The molecule has 0 aliphatic heterocycles. The van der Waals surface area contributed by atoms with Gasteiger partial charge in [0.15, 0.2) is 0 Å². The van der Waals surface area contributed by atoms with Crippen LogP contribution in [0, 0.1) is 0 Å². The van der Waals surface area contributed by atoms with Gasteiger partial charge in [0.05, 0.1) is 13.2 Å². The molecule has 0 aromatic heterocycles. The molecule has 5 heteroatoms. The van der Waals surface area contributed by atoms with E-state index >= 15 is 0 Å². The van der Waals surface area contributed by atoms with E-state index in [1.165, 1.54) is 70.6 Å². The van der Waals surface area contributed by atoms with Crippen molar-refractivity contribution in [2.24, 2.45) is 0 Å². The first kappa shape index (κ1) is 26.6. The molecule has 0 saturated heterocycles. The maximum absolute atomic E-state index is 11.4. The monoisotopic (exact) mass is 354 g/mol. The Balaban J connectivity index is 0. The Hall–Kier alpha value is 0.390.